The minimum Gasteiger partial charge on any atom is -0.356 e. The Morgan fingerprint density at radius 1 is 1.15 bits per heavy atom. The summed E-state index contributed by atoms with van der Waals surface area (Å²) in [7, 11) is 0. The molecule has 0 saturated carbocycles. The number of anilines is 1. The van der Waals surface area contributed by atoms with Gasteiger partial charge in [0.15, 0.2) is 0 Å². The van der Waals surface area contributed by atoms with Crippen molar-refractivity contribution in [3.63, 3.8) is 0 Å². The highest BCUT2D eigenvalue weighted by molar-refractivity contribution is 5.40. The van der Waals surface area contributed by atoms with E-state index in [0.717, 1.165) is 31.0 Å². The Balaban J connectivity index is 1.82. The SMILES string of the molecule is Cc1cc(N2CCC[C@H](c3ncncc3C)C2)ncn1. The summed E-state index contributed by atoms with van der Waals surface area (Å²) >= 11 is 0. The third kappa shape index (κ3) is 2.61. The Labute approximate surface area is 119 Å². The van der Waals surface area contributed by atoms with Crippen LogP contribution in [-0.4, -0.2) is 33.0 Å². The minimum atomic E-state index is 0.460. The second-order valence-corrected chi connectivity index (χ2v) is 5.39. The first kappa shape index (κ1) is 13.0. The smallest absolute Gasteiger partial charge is 0.132 e. The van der Waals surface area contributed by atoms with E-state index in [0.29, 0.717) is 5.92 Å². The van der Waals surface area contributed by atoms with E-state index >= 15 is 0 Å². The summed E-state index contributed by atoms with van der Waals surface area (Å²) in [6.07, 6.45) is 7.53. The average Bonchev–Trinajstić information content (AvgIpc) is 2.48. The predicted octanol–water partition coefficient (Wildman–Crippen LogP) is 2.27. The van der Waals surface area contributed by atoms with E-state index in [-0.39, 0.29) is 0 Å². The van der Waals surface area contributed by atoms with Crippen molar-refractivity contribution in [1.82, 2.24) is 19.9 Å². The average molecular weight is 269 g/mol. The molecule has 0 N–H and O–H groups in total. The molecule has 2 aromatic rings. The number of aryl methyl sites for hydroxylation is 2. The first-order chi connectivity index (χ1) is 9.74. The van der Waals surface area contributed by atoms with Gasteiger partial charge in [-0.3, -0.25) is 0 Å². The standard InChI is InChI=1S/C15H19N5/c1-11-7-16-9-19-15(11)13-4-3-5-20(8-13)14-6-12(2)17-10-18-14/h6-7,9-10,13H,3-5,8H2,1-2H3/t13-/m0/s1. The van der Waals surface area contributed by atoms with Crippen LogP contribution in [0.4, 0.5) is 5.82 Å². The number of hydrogen-bond acceptors (Lipinski definition) is 5. The van der Waals surface area contributed by atoms with Gasteiger partial charge in [0, 0.05) is 37.0 Å². The van der Waals surface area contributed by atoms with Crippen LogP contribution in [0.15, 0.2) is 24.9 Å². The van der Waals surface area contributed by atoms with E-state index in [9.17, 15) is 0 Å². The molecule has 0 aliphatic carbocycles. The van der Waals surface area contributed by atoms with Crippen LogP contribution >= 0.6 is 0 Å². The van der Waals surface area contributed by atoms with Gasteiger partial charge in [-0.15, -0.1) is 0 Å². The number of piperidine rings is 1. The Morgan fingerprint density at radius 2 is 2.05 bits per heavy atom. The topological polar surface area (TPSA) is 54.8 Å². The summed E-state index contributed by atoms with van der Waals surface area (Å²) in [5.74, 6) is 1.48. The monoisotopic (exact) mass is 269 g/mol. The van der Waals surface area contributed by atoms with Crippen molar-refractivity contribution < 1.29 is 0 Å². The molecule has 0 unspecified atom stereocenters. The molecular formula is C15H19N5. The van der Waals surface area contributed by atoms with Crippen LogP contribution in [0.25, 0.3) is 0 Å². The van der Waals surface area contributed by atoms with E-state index in [1.54, 1.807) is 12.7 Å². The molecule has 1 fully saturated rings. The Kier molecular flexibility index (Phi) is 3.58. The first-order valence-corrected chi connectivity index (χ1v) is 7.04. The van der Waals surface area contributed by atoms with Crippen LogP contribution in [0.5, 0.6) is 0 Å². The zero-order chi connectivity index (χ0) is 13.9. The molecule has 0 amide bonds. The van der Waals surface area contributed by atoms with Crippen LogP contribution in [0.1, 0.15) is 35.7 Å². The fourth-order valence-electron chi connectivity index (χ4n) is 2.86. The van der Waals surface area contributed by atoms with Gasteiger partial charge in [-0.05, 0) is 32.3 Å². The molecule has 3 rings (SSSR count). The highest BCUT2D eigenvalue weighted by Gasteiger charge is 2.24. The molecule has 3 heterocycles. The molecule has 2 aromatic heterocycles. The van der Waals surface area contributed by atoms with Gasteiger partial charge in [0.2, 0.25) is 0 Å². The zero-order valence-corrected chi connectivity index (χ0v) is 12.0. The van der Waals surface area contributed by atoms with E-state index in [4.69, 9.17) is 0 Å². The Bertz CT molecular complexity index is 598. The number of hydrogen-bond donors (Lipinski definition) is 0. The second-order valence-electron chi connectivity index (χ2n) is 5.39. The van der Waals surface area contributed by atoms with Gasteiger partial charge in [0.1, 0.15) is 18.5 Å². The molecule has 20 heavy (non-hydrogen) atoms. The molecular weight excluding hydrogens is 250 g/mol. The number of rotatable bonds is 2. The van der Waals surface area contributed by atoms with Crippen LogP contribution in [-0.2, 0) is 0 Å². The van der Waals surface area contributed by atoms with Gasteiger partial charge in [-0.25, -0.2) is 19.9 Å². The molecule has 1 atom stereocenters. The lowest BCUT2D eigenvalue weighted by molar-refractivity contribution is 0.495. The van der Waals surface area contributed by atoms with Gasteiger partial charge in [0.05, 0.1) is 5.69 Å². The summed E-state index contributed by atoms with van der Waals surface area (Å²) in [4.78, 5) is 19.5. The van der Waals surface area contributed by atoms with Crippen molar-refractivity contribution >= 4 is 5.82 Å². The highest BCUT2D eigenvalue weighted by Crippen LogP contribution is 2.29. The first-order valence-electron chi connectivity index (χ1n) is 7.04. The maximum atomic E-state index is 4.48. The van der Waals surface area contributed by atoms with Crippen LogP contribution in [0.2, 0.25) is 0 Å². The van der Waals surface area contributed by atoms with Crippen LogP contribution < -0.4 is 4.90 Å². The number of nitrogens with zero attached hydrogens (tertiary/aromatic N) is 5. The fraction of sp³-hybridized carbons (Fsp3) is 0.467. The van der Waals surface area contributed by atoms with E-state index < -0.39 is 0 Å². The molecule has 0 radical (unpaired) electrons. The molecule has 1 aliphatic heterocycles. The maximum absolute atomic E-state index is 4.48. The third-order valence-corrected chi connectivity index (χ3v) is 3.86. The Morgan fingerprint density at radius 3 is 2.85 bits per heavy atom. The Hall–Kier alpha value is -2.04. The summed E-state index contributed by atoms with van der Waals surface area (Å²) in [5, 5.41) is 0. The summed E-state index contributed by atoms with van der Waals surface area (Å²) in [6.45, 7) is 6.11. The van der Waals surface area contributed by atoms with Gasteiger partial charge >= 0.3 is 0 Å². The quantitative estimate of drug-likeness (QED) is 0.837. The molecule has 0 spiro atoms. The third-order valence-electron chi connectivity index (χ3n) is 3.86. The minimum absolute atomic E-state index is 0.460. The largest absolute Gasteiger partial charge is 0.356 e. The predicted molar refractivity (Wildman–Crippen MR) is 77.7 cm³/mol. The molecule has 5 heteroatoms. The van der Waals surface area contributed by atoms with Crippen molar-refractivity contribution in [3.05, 3.63) is 41.9 Å². The van der Waals surface area contributed by atoms with Gasteiger partial charge in [0.25, 0.3) is 0 Å². The van der Waals surface area contributed by atoms with Crippen molar-refractivity contribution in [2.24, 2.45) is 0 Å². The van der Waals surface area contributed by atoms with Gasteiger partial charge in [-0.2, -0.15) is 0 Å². The van der Waals surface area contributed by atoms with Gasteiger partial charge in [-0.1, -0.05) is 0 Å². The van der Waals surface area contributed by atoms with E-state index in [1.165, 1.54) is 17.7 Å². The lowest BCUT2D eigenvalue weighted by atomic mass is 9.92. The fourth-order valence-corrected chi connectivity index (χ4v) is 2.86. The molecule has 104 valence electrons. The van der Waals surface area contributed by atoms with E-state index in [1.807, 2.05) is 13.1 Å². The molecule has 5 nitrogen and oxygen atoms in total. The van der Waals surface area contributed by atoms with Crippen molar-refractivity contribution in [1.29, 1.82) is 0 Å². The maximum Gasteiger partial charge on any atom is 0.132 e. The van der Waals surface area contributed by atoms with Gasteiger partial charge < -0.3 is 4.90 Å². The highest BCUT2D eigenvalue weighted by atomic mass is 15.2. The summed E-state index contributed by atoms with van der Waals surface area (Å²) in [6, 6.07) is 2.05. The van der Waals surface area contributed by atoms with Crippen molar-refractivity contribution in [3.8, 4) is 0 Å². The molecule has 1 aliphatic rings. The van der Waals surface area contributed by atoms with Crippen LogP contribution in [0.3, 0.4) is 0 Å². The van der Waals surface area contributed by atoms with E-state index in [2.05, 4.69) is 37.8 Å². The van der Waals surface area contributed by atoms with Crippen molar-refractivity contribution in [2.45, 2.75) is 32.6 Å². The normalized spacial score (nSPS) is 19.1. The molecule has 1 saturated heterocycles. The molecule has 0 aromatic carbocycles. The lowest BCUT2D eigenvalue weighted by Crippen LogP contribution is -2.35. The zero-order valence-electron chi connectivity index (χ0n) is 12.0. The van der Waals surface area contributed by atoms with Crippen molar-refractivity contribution in [2.75, 3.05) is 18.0 Å². The second kappa shape index (κ2) is 5.53. The molecule has 0 bridgehead atoms. The van der Waals surface area contributed by atoms with Crippen LogP contribution in [0, 0.1) is 13.8 Å². The number of aromatic nitrogens is 4. The lowest BCUT2D eigenvalue weighted by Gasteiger charge is -2.33. The summed E-state index contributed by atoms with van der Waals surface area (Å²) < 4.78 is 0. The summed E-state index contributed by atoms with van der Waals surface area (Å²) in [5.41, 5.74) is 3.36.